The fourth-order valence-corrected chi connectivity index (χ4v) is 5.32. The molecule has 8 heteroatoms. The van der Waals surface area contributed by atoms with Gasteiger partial charge in [0.2, 0.25) is 0 Å². The molecule has 164 valence electrons. The molecule has 0 bridgehead atoms. The summed E-state index contributed by atoms with van der Waals surface area (Å²) < 4.78 is 23.3. The van der Waals surface area contributed by atoms with Crippen LogP contribution in [0.2, 0.25) is 0 Å². The molecule has 0 atom stereocenters. The second-order valence-corrected chi connectivity index (χ2v) is 10.7. The summed E-state index contributed by atoms with van der Waals surface area (Å²) in [5, 5.41) is 1.45. The van der Waals surface area contributed by atoms with Crippen LogP contribution in [0.25, 0.3) is 27.9 Å². The summed E-state index contributed by atoms with van der Waals surface area (Å²) in [5.41, 5.74) is 3.13. The maximum Gasteiger partial charge on any atom is 0.293 e. The van der Waals surface area contributed by atoms with Crippen LogP contribution < -0.4 is 0 Å². The number of carbonyl (C=O) groups excluding carboxylic acids is 2. The van der Waals surface area contributed by atoms with E-state index in [1.807, 2.05) is 48.5 Å². The molecule has 0 saturated carbocycles. The number of hydrogen-bond donors (Lipinski definition) is 0. The van der Waals surface area contributed by atoms with Gasteiger partial charge in [0.1, 0.15) is 0 Å². The fourth-order valence-electron chi connectivity index (χ4n) is 3.85. The van der Waals surface area contributed by atoms with Crippen LogP contribution in [0.1, 0.15) is 11.1 Å². The van der Waals surface area contributed by atoms with Crippen molar-refractivity contribution in [3.63, 3.8) is 0 Å². The molecule has 0 N–H and O–H groups in total. The average molecular weight is 475 g/mol. The number of carbonyl (C=O) groups is 2. The standard InChI is InChI=1S/C25H18N2O4S2/c1-33(30,31)17-12-10-16(11-13-17)14-23-24(28)27(25(29)32-23)15-20-18-6-2-4-8-21(18)26-22-9-5-3-7-19(20)22/h2-14H,15H2,1H3/b23-14+. The van der Waals surface area contributed by atoms with Gasteiger partial charge in [0.05, 0.1) is 27.4 Å². The third kappa shape index (κ3) is 4.03. The Morgan fingerprint density at radius 3 is 2.03 bits per heavy atom. The molecule has 0 aliphatic carbocycles. The van der Waals surface area contributed by atoms with Crippen LogP contribution in [0.4, 0.5) is 4.79 Å². The SMILES string of the molecule is CS(=O)(=O)c1ccc(/C=C2/SC(=O)N(Cc3c4ccccc4nc4ccccc34)C2=O)cc1. The van der Waals surface area contributed by atoms with Gasteiger partial charge in [0.25, 0.3) is 11.1 Å². The number of para-hydroxylation sites is 2. The molecule has 33 heavy (non-hydrogen) atoms. The van der Waals surface area contributed by atoms with Gasteiger partial charge in [-0.15, -0.1) is 0 Å². The van der Waals surface area contributed by atoms with E-state index in [9.17, 15) is 18.0 Å². The van der Waals surface area contributed by atoms with E-state index >= 15 is 0 Å². The number of benzene rings is 3. The van der Waals surface area contributed by atoms with Crippen molar-refractivity contribution in [1.82, 2.24) is 9.88 Å². The summed E-state index contributed by atoms with van der Waals surface area (Å²) in [7, 11) is -3.31. The predicted molar refractivity (Wildman–Crippen MR) is 130 cm³/mol. The third-order valence-electron chi connectivity index (χ3n) is 5.50. The highest BCUT2D eigenvalue weighted by atomic mass is 32.2. The Labute approximate surface area is 194 Å². The van der Waals surface area contributed by atoms with Crippen LogP contribution >= 0.6 is 11.8 Å². The zero-order chi connectivity index (χ0) is 23.2. The largest absolute Gasteiger partial charge is 0.293 e. The van der Waals surface area contributed by atoms with Crippen LogP contribution in [0.15, 0.2) is 82.6 Å². The van der Waals surface area contributed by atoms with E-state index < -0.39 is 9.84 Å². The summed E-state index contributed by atoms with van der Waals surface area (Å²) >= 11 is 0.881. The number of fused-ring (bicyclic) bond motifs is 2. The van der Waals surface area contributed by atoms with Crippen molar-refractivity contribution < 1.29 is 18.0 Å². The van der Waals surface area contributed by atoms with Crippen LogP contribution in [-0.4, -0.2) is 35.7 Å². The van der Waals surface area contributed by atoms with E-state index in [2.05, 4.69) is 0 Å². The van der Waals surface area contributed by atoms with Crippen molar-refractivity contribution >= 4 is 60.6 Å². The number of thioether (sulfide) groups is 1. The highest BCUT2D eigenvalue weighted by molar-refractivity contribution is 8.18. The third-order valence-corrected chi connectivity index (χ3v) is 7.53. The number of hydrogen-bond acceptors (Lipinski definition) is 6. The van der Waals surface area contributed by atoms with Crippen molar-refractivity contribution in [2.45, 2.75) is 11.4 Å². The first kappa shape index (κ1) is 21.4. The summed E-state index contributed by atoms with van der Waals surface area (Å²) in [6.45, 7) is 0.137. The van der Waals surface area contributed by atoms with Crippen molar-refractivity contribution in [2.75, 3.05) is 6.26 Å². The highest BCUT2D eigenvalue weighted by Crippen LogP contribution is 2.35. The topological polar surface area (TPSA) is 84.4 Å². The number of imide groups is 1. The molecule has 0 unspecified atom stereocenters. The number of aromatic nitrogens is 1. The Balaban J connectivity index is 1.50. The Bertz CT molecular complexity index is 1520. The Kier molecular flexibility index (Phi) is 5.26. The van der Waals surface area contributed by atoms with E-state index in [1.54, 1.807) is 18.2 Å². The normalized spacial score (nSPS) is 15.8. The van der Waals surface area contributed by atoms with Crippen LogP contribution in [-0.2, 0) is 21.2 Å². The van der Waals surface area contributed by atoms with E-state index in [4.69, 9.17) is 4.98 Å². The second-order valence-electron chi connectivity index (χ2n) is 7.73. The van der Waals surface area contributed by atoms with Crippen molar-refractivity contribution in [1.29, 1.82) is 0 Å². The molecule has 0 radical (unpaired) electrons. The van der Waals surface area contributed by atoms with Gasteiger partial charge in [-0.2, -0.15) is 0 Å². The Hall–Kier alpha value is -3.49. The summed E-state index contributed by atoms with van der Waals surface area (Å²) in [4.78, 5) is 32.4. The minimum absolute atomic E-state index is 0.137. The lowest BCUT2D eigenvalue weighted by Gasteiger charge is -2.16. The average Bonchev–Trinajstić information content (AvgIpc) is 3.06. The lowest BCUT2D eigenvalue weighted by molar-refractivity contribution is -0.123. The van der Waals surface area contributed by atoms with E-state index in [-0.39, 0.29) is 22.6 Å². The minimum Gasteiger partial charge on any atom is -0.268 e. The minimum atomic E-state index is -3.31. The van der Waals surface area contributed by atoms with Crippen LogP contribution in [0, 0.1) is 0 Å². The molecule has 1 saturated heterocycles. The van der Waals surface area contributed by atoms with Gasteiger partial charge in [0, 0.05) is 17.0 Å². The first-order valence-corrected chi connectivity index (χ1v) is 12.8. The van der Waals surface area contributed by atoms with Gasteiger partial charge in [-0.3, -0.25) is 14.5 Å². The molecule has 2 amide bonds. The summed E-state index contributed by atoms with van der Waals surface area (Å²) in [6, 6.07) is 21.6. The zero-order valence-electron chi connectivity index (χ0n) is 17.6. The number of sulfone groups is 1. The molecule has 1 aromatic heterocycles. The Morgan fingerprint density at radius 1 is 0.879 bits per heavy atom. The molecule has 1 aliphatic rings. The number of pyridine rings is 1. The summed E-state index contributed by atoms with van der Waals surface area (Å²) in [5.74, 6) is -0.373. The van der Waals surface area contributed by atoms with Gasteiger partial charge in [-0.05, 0) is 53.2 Å². The molecule has 6 nitrogen and oxygen atoms in total. The number of nitrogens with zero attached hydrogens (tertiary/aromatic N) is 2. The van der Waals surface area contributed by atoms with Gasteiger partial charge in [-0.25, -0.2) is 13.4 Å². The molecule has 0 spiro atoms. The highest BCUT2D eigenvalue weighted by Gasteiger charge is 2.35. The lowest BCUT2D eigenvalue weighted by atomic mass is 10.0. The molecule has 4 aromatic rings. The first-order valence-electron chi connectivity index (χ1n) is 10.1. The molecule has 1 aliphatic heterocycles. The first-order chi connectivity index (χ1) is 15.8. The lowest BCUT2D eigenvalue weighted by Crippen LogP contribution is -2.27. The van der Waals surface area contributed by atoms with Gasteiger partial charge in [0.15, 0.2) is 9.84 Å². The van der Waals surface area contributed by atoms with Crippen molar-refractivity contribution in [2.24, 2.45) is 0 Å². The van der Waals surface area contributed by atoms with Crippen LogP contribution in [0.5, 0.6) is 0 Å². The van der Waals surface area contributed by atoms with Crippen molar-refractivity contribution in [3.05, 3.63) is 88.8 Å². The number of rotatable bonds is 4. The van der Waals surface area contributed by atoms with Gasteiger partial charge < -0.3 is 0 Å². The molecule has 1 fully saturated rings. The fraction of sp³-hybridized carbons (Fsp3) is 0.0800. The molecular weight excluding hydrogens is 456 g/mol. The van der Waals surface area contributed by atoms with Gasteiger partial charge in [-0.1, -0.05) is 48.5 Å². The molecular formula is C25H18N2O4S2. The smallest absolute Gasteiger partial charge is 0.268 e. The second kappa shape index (κ2) is 8.13. The monoisotopic (exact) mass is 474 g/mol. The van der Waals surface area contributed by atoms with Crippen molar-refractivity contribution in [3.8, 4) is 0 Å². The van der Waals surface area contributed by atoms with Crippen LogP contribution in [0.3, 0.4) is 0 Å². The summed E-state index contributed by atoms with van der Waals surface area (Å²) in [6.07, 6.45) is 2.75. The van der Waals surface area contributed by atoms with E-state index in [0.29, 0.717) is 10.5 Å². The van der Waals surface area contributed by atoms with E-state index in [1.165, 1.54) is 17.0 Å². The number of amides is 2. The van der Waals surface area contributed by atoms with Gasteiger partial charge >= 0.3 is 0 Å². The quantitative estimate of drug-likeness (QED) is 0.305. The zero-order valence-corrected chi connectivity index (χ0v) is 19.2. The predicted octanol–water partition coefficient (Wildman–Crippen LogP) is 5.03. The molecule has 2 heterocycles. The maximum atomic E-state index is 13.1. The molecule has 5 rings (SSSR count). The van der Waals surface area contributed by atoms with E-state index in [0.717, 1.165) is 45.4 Å². The molecule has 3 aromatic carbocycles. The maximum absolute atomic E-state index is 13.1. The Morgan fingerprint density at radius 2 is 1.45 bits per heavy atom.